The van der Waals surface area contributed by atoms with Crippen LogP contribution in [0.2, 0.25) is 0 Å². The van der Waals surface area contributed by atoms with E-state index in [4.69, 9.17) is 4.74 Å². The number of carbonyl (C=O) groups is 1. The van der Waals surface area contributed by atoms with Crippen molar-refractivity contribution < 1.29 is 9.53 Å². The summed E-state index contributed by atoms with van der Waals surface area (Å²) < 4.78 is 5.89. The lowest BCUT2D eigenvalue weighted by Crippen LogP contribution is -2.52. The Bertz CT molecular complexity index is 674. The van der Waals surface area contributed by atoms with Gasteiger partial charge in [-0.2, -0.15) is 0 Å². The third-order valence-electron chi connectivity index (χ3n) is 4.29. The maximum Gasteiger partial charge on any atom is 0.263 e. The number of benzene rings is 1. The van der Waals surface area contributed by atoms with Gasteiger partial charge in [-0.05, 0) is 19.4 Å². The van der Waals surface area contributed by atoms with Crippen molar-refractivity contribution in [3.63, 3.8) is 0 Å². The van der Waals surface area contributed by atoms with E-state index in [0.29, 0.717) is 11.5 Å². The van der Waals surface area contributed by atoms with E-state index in [1.54, 1.807) is 5.51 Å². The molecule has 0 unspecified atom stereocenters. The highest BCUT2D eigenvalue weighted by atomic mass is 32.1. The molecule has 0 bridgehead atoms. The van der Waals surface area contributed by atoms with Gasteiger partial charge in [0.1, 0.15) is 4.88 Å². The molecule has 6 heteroatoms. The maximum atomic E-state index is 12.3. The average Bonchev–Trinajstić information content (AvgIpc) is 3.02. The summed E-state index contributed by atoms with van der Waals surface area (Å²) in [6, 6.07) is 10.4. The van der Waals surface area contributed by atoms with Crippen molar-refractivity contribution in [3.8, 4) is 0 Å². The van der Waals surface area contributed by atoms with E-state index >= 15 is 0 Å². The molecular formula is C18H23N3O2S. The molecule has 1 aromatic carbocycles. The smallest absolute Gasteiger partial charge is 0.263 e. The van der Waals surface area contributed by atoms with Gasteiger partial charge in [-0.3, -0.25) is 9.69 Å². The Kier molecular flexibility index (Phi) is 5.60. The second kappa shape index (κ2) is 7.88. The molecule has 0 spiro atoms. The van der Waals surface area contributed by atoms with Gasteiger partial charge in [-0.1, -0.05) is 30.3 Å². The number of ether oxygens (including phenoxy) is 1. The SMILES string of the molecule is Cc1ncsc1C(=O)N[C@@H](C)[C@@H]1CN(Cc2ccccc2)CCO1. The zero-order valence-electron chi connectivity index (χ0n) is 14.1. The van der Waals surface area contributed by atoms with Crippen LogP contribution in [0.1, 0.15) is 27.9 Å². The van der Waals surface area contributed by atoms with Crippen LogP contribution in [0.25, 0.3) is 0 Å². The predicted molar refractivity (Wildman–Crippen MR) is 95.2 cm³/mol. The van der Waals surface area contributed by atoms with Crippen molar-refractivity contribution >= 4 is 17.2 Å². The summed E-state index contributed by atoms with van der Waals surface area (Å²) >= 11 is 1.37. The Morgan fingerprint density at radius 2 is 2.25 bits per heavy atom. The summed E-state index contributed by atoms with van der Waals surface area (Å²) in [6.07, 6.45) is -0.000334. The number of carbonyl (C=O) groups excluding carboxylic acids is 1. The molecular weight excluding hydrogens is 322 g/mol. The minimum Gasteiger partial charge on any atom is -0.373 e. The van der Waals surface area contributed by atoms with Crippen LogP contribution in [0.5, 0.6) is 0 Å². The standard InChI is InChI=1S/C18H23N3O2S/c1-13(20-18(22)17-14(2)19-12-24-17)16-11-21(8-9-23-16)10-15-6-4-3-5-7-15/h3-7,12-13,16H,8-11H2,1-2H3,(H,20,22)/t13-,16-/m0/s1. The molecule has 5 nitrogen and oxygen atoms in total. The van der Waals surface area contributed by atoms with E-state index < -0.39 is 0 Å². The van der Waals surface area contributed by atoms with Gasteiger partial charge in [0, 0.05) is 19.6 Å². The molecule has 2 heterocycles. The highest BCUT2D eigenvalue weighted by Gasteiger charge is 2.27. The second-order valence-electron chi connectivity index (χ2n) is 6.16. The Morgan fingerprint density at radius 1 is 1.46 bits per heavy atom. The number of nitrogens with one attached hydrogen (secondary N) is 1. The van der Waals surface area contributed by atoms with Gasteiger partial charge in [-0.15, -0.1) is 11.3 Å². The van der Waals surface area contributed by atoms with Crippen molar-refractivity contribution in [2.24, 2.45) is 0 Å². The largest absolute Gasteiger partial charge is 0.373 e. The Labute approximate surface area is 146 Å². The van der Waals surface area contributed by atoms with Gasteiger partial charge in [-0.25, -0.2) is 4.98 Å². The van der Waals surface area contributed by atoms with E-state index in [1.165, 1.54) is 16.9 Å². The first kappa shape index (κ1) is 17.1. The number of morpholine rings is 1. The molecule has 2 aromatic rings. The molecule has 3 rings (SSSR count). The number of aryl methyl sites for hydroxylation is 1. The number of thiazole rings is 1. The van der Waals surface area contributed by atoms with Crippen LogP contribution in [-0.2, 0) is 11.3 Å². The summed E-state index contributed by atoms with van der Waals surface area (Å²) in [7, 11) is 0. The highest BCUT2D eigenvalue weighted by Crippen LogP contribution is 2.15. The van der Waals surface area contributed by atoms with Crippen molar-refractivity contribution in [2.45, 2.75) is 32.5 Å². The second-order valence-corrected chi connectivity index (χ2v) is 7.01. The molecule has 128 valence electrons. The van der Waals surface area contributed by atoms with Crippen LogP contribution < -0.4 is 5.32 Å². The molecule has 1 aromatic heterocycles. The molecule has 0 saturated carbocycles. The lowest BCUT2D eigenvalue weighted by molar-refractivity contribution is -0.0449. The minimum atomic E-state index is -0.0636. The quantitative estimate of drug-likeness (QED) is 0.904. The summed E-state index contributed by atoms with van der Waals surface area (Å²) in [6.45, 7) is 7.20. The fourth-order valence-electron chi connectivity index (χ4n) is 2.90. The molecule has 1 aliphatic heterocycles. The molecule has 1 amide bonds. The van der Waals surface area contributed by atoms with Gasteiger partial charge >= 0.3 is 0 Å². The first-order valence-corrected chi connectivity index (χ1v) is 9.10. The zero-order chi connectivity index (χ0) is 16.9. The van der Waals surface area contributed by atoms with E-state index in [2.05, 4.69) is 39.5 Å². The van der Waals surface area contributed by atoms with Crippen molar-refractivity contribution in [1.82, 2.24) is 15.2 Å². The van der Waals surface area contributed by atoms with Crippen molar-refractivity contribution in [3.05, 3.63) is 52.0 Å². The van der Waals surface area contributed by atoms with Crippen LogP contribution in [-0.4, -0.2) is 47.6 Å². The van der Waals surface area contributed by atoms with Crippen molar-refractivity contribution in [2.75, 3.05) is 19.7 Å². The first-order chi connectivity index (χ1) is 11.6. The molecule has 0 radical (unpaired) electrons. The van der Waals surface area contributed by atoms with Gasteiger partial charge in [0.25, 0.3) is 5.91 Å². The van der Waals surface area contributed by atoms with Gasteiger partial charge in [0.05, 0.1) is 30.0 Å². The van der Waals surface area contributed by atoms with E-state index in [9.17, 15) is 4.79 Å². The number of amides is 1. The predicted octanol–water partition coefficient (Wildman–Crippen LogP) is 2.47. The molecule has 0 aliphatic carbocycles. The summed E-state index contributed by atoms with van der Waals surface area (Å²) in [4.78, 5) is 19.5. The number of aromatic nitrogens is 1. The van der Waals surface area contributed by atoms with E-state index in [-0.39, 0.29) is 18.1 Å². The van der Waals surface area contributed by atoms with Gasteiger partial charge in [0.2, 0.25) is 0 Å². The first-order valence-electron chi connectivity index (χ1n) is 8.22. The van der Waals surface area contributed by atoms with E-state index in [0.717, 1.165) is 25.3 Å². The number of hydrogen-bond acceptors (Lipinski definition) is 5. The van der Waals surface area contributed by atoms with Crippen LogP contribution >= 0.6 is 11.3 Å². The summed E-state index contributed by atoms with van der Waals surface area (Å²) in [5, 5.41) is 3.06. The Balaban J connectivity index is 1.56. The summed E-state index contributed by atoms with van der Waals surface area (Å²) in [5.41, 5.74) is 3.78. The van der Waals surface area contributed by atoms with Crippen LogP contribution in [0.3, 0.4) is 0 Å². The van der Waals surface area contributed by atoms with Gasteiger partial charge in [0.15, 0.2) is 0 Å². The zero-order valence-corrected chi connectivity index (χ0v) is 14.9. The third kappa shape index (κ3) is 4.20. The fraction of sp³-hybridized carbons (Fsp3) is 0.444. The minimum absolute atomic E-state index is 0.000334. The van der Waals surface area contributed by atoms with Crippen LogP contribution in [0.4, 0.5) is 0 Å². The Morgan fingerprint density at radius 3 is 2.96 bits per heavy atom. The molecule has 1 aliphatic rings. The van der Waals surface area contributed by atoms with Crippen molar-refractivity contribution in [1.29, 1.82) is 0 Å². The lowest BCUT2D eigenvalue weighted by Gasteiger charge is -2.36. The average molecular weight is 345 g/mol. The number of hydrogen-bond donors (Lipinski definition) is 1. The fourth-order valence-corrected chi connectivity index (χ4v) is 3.61. The van der Waals surface area contributed by atoms with E-state index in [1.807, 2.05) is 19.9 Å². The normalized spacial score (nSPS) is 19.8. The molecule has 1 saturated heterocycles. The molecule has 1 N–H and O–H groups in total. The summed E-state index contributed by atoms with van der Waals surface area (Å²) in [5.74, 6) is -0.0636. The number of rotatable bonds is 5. The topological polar surface area (TPSA) is 54.5 Å². The van der Waals surface area contributed by atoms with Gasteiger partial charge < -0.3 is 10.1 Å². The highest BCUT2D eigenvalue weighted by molar-refractivity contribution is 7.11. The third-order valence-corrected chi connectivity index (χ3v) is 5.22. The molecule has 2 atom stereocenters. The lowest BCUT2D eigenvalue weighted by atomic mass is 10.1. The molecule has 24 heavy (non-hydrogen) atoms. The maximum absolute atomic E-state index is 12.3. The van der Waals surface area contributed by atoms with Crippen LogP contribution in [0, 0.1) is 6.92 Å². The Hall–Kier alpha value is -1.76. The molecule has 1 fully saturated rings. The van der Waals surface area contributed by atoms with Crippen LogP contribution in [0.15, 0.2) is 35.8 Å². The number of nitrogens with zero attached hydrogens (tertiary/aromatic N) is 2. The monoisotopic (exact) mass is 345 g/mol.